The van der Waals surface area contributed by atoms with E-state index >= 15 is 0 Å². The van der Waals surface area contributed by atoms with Gasteiger partial charge in [0.2, 0.25) is 0 Å². The van der Waals surface area contributed by atoms with Gasteiger partial charge in [0.05, 0.1) is 12.1 Å². The highest BCUT2D eigenvalue weighted by atomic mass is 16.5. The molecule has 0 bridgehead atoms. The predicted octanol–water partition coefficient (Wildman–Crippen LogP) is 0.692. The standard InChI is InChI=1S/C10H22N2O/c1-9(2)6-12(3)10(7-11)4-5-13-8-10/h9H,4-8,11H2,1-3H3. The Morgan fingerprint density at radius 1 is 1.54 bits per heavy atom. The average Bonchev–Trinajstić information content (AvgIpc) is 2.51. The van der Waals surface area contributed by atoms with Crippen molar-refractivity contribution in [3.05, 3.63) is 0 Å². The molecule has 0 aromatic heterocycles. The van der Waals surface area contributed by atoms with Crippen molar-refractivity contribution in [2.45, 2.75) is 25.8 Å². The van der Waals surface area contributed by atoms with E-state index in [9.17, 15) is 0 Å². The molecular weight excluding hydrogens is 164 g/mol. The molecule has 1 atom stereocenters. The first-order chi connectivity index (χ1) is 6.10. The molecule has 0 spiro atoms. The minimum absolute atomic E-state index is 0.115. The van der Waals surface area contributed by atoms with Gasteiger partial charge >= 0.3 is 0 Å². The van der Waals surface area contributed by atoms with E-state index in [4.69, 9.17) is 10.5 Å². The van der Waals surface area contributed by atoms with E-state index in [1.54, 1.807) is 0 Å². The van der Waals surface area contributed by atoms with Gasteiger partial charge in [0.15, 0.2) is 0 Å². The number of hydrogen-bond acceptors (Lipinski definition) is 3. The highest BCUT2D eigenvalue weighted by Crippen LogP contribution is 2.24. The Morgan fingerprint density at radius 2 is 2.23 bits per heavy atom. The fourth-order valence-corrected chi connectivity index (χ4v) is 1.96. The average molecular weight is 186 g/mol. The third kappa shape index (κ3) is 2.42. The first-order valence-corrected chi connectivity index (χ1v) is 5.10. The van der Waals surface area contributed by atoms with E-state index in [0.29, 0.717) is 12.5 Å². The Balaban J connectivity index is 2.54. The van der Waals surface area contributed by atoms with Crippen LogP contribution in [0, 0.1) is 5.92 Å². The van der Waals surface area contributed by atoms with Crippen LogP contribution < -0.4 is 5.73 Å². The highest BCUT2D eigenvalue weighted by Gasteiger charge is 2.37. The molecule has 0 aromatic carbocycles. The second-order valence-electron chi connectivity index (χ2n) is 4.51. The van der Waals surface area contributed by atoms with E-state index in [2.05, 4.69) is 25.8 Å². The van der Waals surface area contributed by atoms with Gasteiger partial charge < -0.3 is 10.5 Å². The van der Waals surface area contributed by atoms with E-state index in [-0.39, 0.29) is 5.54 Å². The fourth-order valence-electron chi connectivity index (χ4n) is 1.96. The van der Waals surface area contributed by atoms with E-state index < -0.39 is 0 Å². The van der Waals surface area contributed by atoms with Gasteiger partial charge in [-0.2, -0.15) is 0 Å². The fraction of sp³-hybridized carbons (Fsp3) is 1.00. The van der Waals surface area contributed by atoms with Gasteiger partial charge in [-0.3, -0.25) is 4.90 Å². The van der Waals surface area contributed by atoms with Crippen LogP contribution in [0.2, 0.25) is 0 Å². The maximum atomic E-state index is 5.82. The second-order valence-corrected chi connectivity index (χ2v) is 4.51. The summed E-state index contributed by atoms with van der Waals surface area (Å²) in [5.74, 6) is 0.689. The van der Waals surface area contributed by atoms with Gasteiger partial charge in [0.25, 0.3) is 0 Å². The predicted molar refractivity (Wildman–Crippen MR) is 54.7 cm³/mol. The lowest BCUT2D eigenvalue weighted by molar-refractivity contribution is 0.0847. The normalized spacial score (nSPS) is 29.1. The van der Waals surface area contributed by atoms with Gasteiger partial charge in [-0.15, -0.1) is 0 Å². The minimum atomic E-state index is 0.115. The van der Waals surface area contributed by atoms with Crippen LogP contribution in [0.1, 0.15) is 20.3 Å². The Hall–Kier alpha value is -0.120. The topological polar surface area (TPSA) is 38.5 Å². The zero-order chi connectivity index (χ0) is 9.90. The van der Waals surface area contributed by atoms with E-state index in [0.717, 1.165) is 26.2 Å². The SMILES string of the molecule is CC(C)CN(C)C1(CN)CCOC1. The van der Waals surface area contributed by atoms with Crippen LogP contribution in [0.3, 0.4) is 0 Å². The number of ether oxygens (including phenoxy) is 1. The molecule has 3 heteroatoms. The van der Waals surface area contributed by atoms with Crippen molar-refractivity contribution in [2.75, 3.05) is 33.4 Å². The third-order valence-electron chi connectivity index (χ3n) is 2.91. The van der Waals surface area contributed by atoms with Crippen LogP contribution in [0.5, 0.6) is 0 Å². The molecular formula is C10H22N2O. The monoisotopic (exact) mass is 186 g/mol. The molecule has 1 saturated heterocycles. The Kier molecular flexibility index (Phi) is 3.71. The van der Waals surface area contributed by atoms with Crippen molar-refractivity contribution in [3.63, 3.8) is 0 Å². The number of likely N-dealkylation sites (N-methyl/N-ethyl adjacent to an activating group) is 1. The molecule has 2 N–H and O–H groups in total. The van der Waals surface area contributed by atoms with Crippen molar-refractivity contribution in [1.82, 2.24) is 4.90 Å². The second kappa shape index (κ2) is 4.40. The van der Waals surface area contributed by atoms with Gasteiger partial charge in [-0.25, -0.2) is 0 Å². The molecule has 0 radical (unpaired) electrons. The van der Waals surface area contributed by atoms with Gasteiger partial charge in [-0.1, -0.05) is 13.8 Å². The molecule has 1 heterocycles. The smallest absolute Gasteiger partial charge is 0.0663 e. The molecule has 78 valence electrons. The molecule has 13 heavy (non-hydrogen) atoms. The van der Waals surface area contributed by atoms with Crippen LogP contribution in [0.4, 0.5) is 0 Å². The Bertz CT molecular complexity index is 153. The van der Waals surface area contributed by atoms with Crippen LogP contribution in [-0.4, -0.2) is 43.8 Å². The zero-order valence-corrected chi connectivity index (χ0v) is 9.05. The molecule has 1 rings (SSSR count). The van der Waals surface area contributed by atoms with Crippen LogP contribution in [0.25, 0.3) is 0 Å². The van der Waals surface area contributed by atoms with Crippen LogP contribution in [0.15, 0.2) is 0 Å². The van der Waals surface area contributed by atoms with Gasteiger partial charge in [-0.05, 0) is 19.4 Å². The molecule has 0 amide bonds. The van der Waals surface area contributed by atoms with Crippen molar-refractivity contribution in [1.29, 1.82) is 0 Å². The lowest BCUT2D eigenvalue weighted by atomic mass is 9.96. The summed E-state index contributed by atoms with van der Waals surface area (Å²) >= 11 is 0. The first-order valence-electron chi connectivity index (χ1n) is 5.10. The molecule has 1 unspecified atom stereocenters. The largest absolute Gasteiger partial charge is 0.379 e. The lowest BCUT2D eigenvalue weighted by Crippen LogP contribution is -2.53. The summed E-state index contributed by atoms with van der Waals surface area (Å²) in [5.41, 5.74) is 5.94. The maximum absolute atomic E-state index is 5.82. The summed E-state index contributed by atoms with van der Waals surface area (Å²) < 4.78 is 5.43. The molecule has 1 fully saturated rings. The van der Waals surface area contributed by atoms with E-state index in [1.807, 2.05) is 0 Å². The number of nitrogens with two attached hydrogens (primary N) is 1. The molecule has 0 aromatic rings. The highest BCUT2D eigenvalue weighted by molar-refractivity contribution is 4.93. The maximum Gasteiger partial charge on any atom is 0.0663 e. The summed E-state index contributed by atoms with van der Waals surface area (Å²) in [5, 5.41) is 0. The minimum Gasteiger partial charge on any atom is -0.379 e. The summed E-state index contributed by atoms with van der Waals surface area (Å²) in [6.07, 6.45) is 1.08. The van der Waals surface area contributed by atoms with Crippen LogP contribution >= 0.6 is 0 Å². The van der Waals surface area contributed by atoms with Gasteiger partial charge in [0, 0.05) is 19.7 Å². The zero-order valence-electron chi connectivity index (χ0n) is 9.05. The number of nitrogens with zero attached hydrogens (tertiary/aromatic N) is 1. The molecule has 0 aliphatic carbocycles. The quantitative estimate of drug-likeness (QED) is 0.702. The van der Waals surface area contributed by atoms with Crippen molar-refractivity contribution >= 4 is 0 Å². The molecule has 1 aliphatic rings. The van der Waals surface area contributed by atoms with Crippen LogP contribution in [-0.2, 0) is 4.74 Å². The molecule has 3 nitrogen and oxygen atoms in total. The van der Waals surface area contributed by atoms with Gasteiger partial charge in [0.1, 0.15) is 0 Å². The summed E-state index contributed by atoms with van der Waals surface area (Å²) in [6, 6.07) is 0. The molecule has 1 aliphatic heterocycles. The number of hydrogen-bond donors (Lipinski definition) is 1. The van der Waals surface area contributed by atoms with Crippen molar-refractivity contribution in [2.24, 2.45) is 11.7 Å². The summed E-state index contributed by atoms with van der Waals surface area (Å²) in [4.78, 5) is 2.37. The Labute approximate surface area is 81.2 Å². The summed E-state index contributed by atoms with van der Waals surface area (Å²) in [7, 11) is 2.15. The molecule has 0 saturated carbocycles. The van der Waals surface area contributed by atoms with E-state index in [1.165, 1.54) is 0 Å². The van der Waals surface area contributed by atoms with Crippen molar-refractivity contribution in [3.8, 4) is 0 Å². The number of rotatable bonds is 4. The summed E-state index contributed by atoms with van der Waals surface area (Å²) in [6.45, 7) is 7.93. The first kappa shape index (κ1) is 11.0. The Morgan fingerprint density at radius 3 is 2.62 bits per heavy atom. The lowest BCUT2D eigenvalue weighted by Gasteiger charge is -2.37. The van der Waals surface area contributed by atoms with Crippen molar-refractivity contribution < 1.29 is 4.74 Å². The third-order valence-corrected chi connectivity index (χ3v) is 2.91.